The highest BCUT2D eigenvalue weighted by Crippen LogP contribution is 2.23. The molecule has 0 aliphatic heterocycles. The minimum atomic E-state index is -0.968. The van der Waals surface area contributed by atoms with E-state index in [9.17, 15) is 9.59 Å². The van der Waals surface area contributed by atoms with Gasteiger partial charge in [-0.05, 0) is 28.6 Å². The SMILES string of the molecule is COc1ccc(C(=O)NCC(C)C(=O)O)cc1-n1cnnn1. The van der Waals surface area contributed by atoms with Crippen LogP contribution in [0.1, 0.15) is 17.3 Å². The second-order valence-electron chi connectivity index (χ2n) is 4.59. The van der Waals surface area contributed by atoms with Crippen LogP contribution in [-0.4, -0.2) is 50.8 Å². The van der Waals surface area contributed by atoms with Crippen LogP contribution < -0.4 is 10.1 Å². The van der Waals surface area contributed by atoms with E-state index in [0.717, 1.165) is 0 Å². The molecule has 0 radical (unpaired) electrons. The zero-order valence-electron chi connectivity index (χ0n) is 12.1. The molecule has 9 heteroatoms. The highest BCUT2D eigenvalue weighted by molar-refractivity contribution is 5.95. The van der Waals surface area contributed by atoms with Crippen molar-refractivity contribution in [2.24, 2.45) is 5.92 Å². The summed E-state index contributed by atoms with van der Waals surface area (Å²) in [5.74, 6) is -1.52. The largest absolute Gasteiger partial charge is 0.494 e. The maximum Gasteiger partial charge on any atom is 0.308 e. The van der Waals surface area contributed by atoms with E-state index >= 15 is 0 Å². The molecule has 0 bridgehead atoms. The standard InChI is InChI=1S/C13H15N5O4/c1-8(13(20)21)6-14-12(19)9-3-4-11(22-2)10(5-9)18-7-15-16-17-18/h3-5,7-8H,6H2,1-2H3,(H,14,19)(H,20,21). The van der Waals surface area contributed by atoms with E-state index < -0.39 is 11.9 Å². The number of hydrogen-bond donors (Lipinski definition) is 2. The minimum absolute atomic E-state index is 0.0421. The number of amides is 1. The van der Waals surface area contributed by atoms with Crippen LogP contribution >= 0.6 is 0 Å². The molecule has 2 aromatic rings. The molecule has 1 aromatic carbocycles. The van der Waals surface area contributed by atoms with Crippen molar-refractivity contribution < 1.29 is 19.4 Å². The summed E-state index contributed by atoms with van der Waals surface area (Å²) in [4.78, 5) is 22.8. The Morgan fingerprint density at radius 1 is 1.45 bits per heavy atom. The first-order chi connectivity index (χ1) is 10.5. The summed E-state index contributed by atoms with van der Waals surface area (Å²) in [5, 5.41) is 22.2. The molecule has 0 saturated heterocycles. The normalized spacial score (nSPS) is 11.7. The summed E-state index contributed by atoms with van der Waals surface area (Å²) in [5.41, 5.74) is 0.857. The third-order valence-corrected chi connectivity index (χ3v) is 3.03. The van der Waals surface area contributed by atoms with Gasteiger partial charge >= 0.3 is 5.97 Å². The number of nitrogens with one attached hydrogen (secondary N) is 1. The van der Waals surface area contributed by atoms with Crippen molar-refractivity contribution in [3.05, 3.63) is 30.1 Å². The Morgan fingerprint density at radius 2 is 2.23 bits per heavy atom. The molecular formula is C13H15N5O4. The lowest BCUT2D eigenvalue weighted by atomic mass is 10.1. The molecule has 0 fully saturated rings. The van der Waals surface area contributed by atoms with Crippen molar-refractivity contribution in [3.63, 3.8) is 0 Å². The van der Waals surface area contributed by atoms with Crippen molar-refractivity contribution >= 4 is 11.9 Å². The summed E-state index contributed by atoms with van der Waals surface area (Å²) in [6.07, 6.45) is 1.38. The Kier molecular flexibility index (Phi) is 4.66. The van der Waals surface area contributed by atoms with Gasteiger partial charge in [0.25, 0.3) is 5.91 Å². The van der Waals surface area contributed by atoms with Gasteiger partial charge in [-0.2, -0.15) is 4.68 Å². The molecule has 1 heterocycles. The summed E-state index contributed by atoms with van der Waals surface area (Å²) >= 11 is 0. The average Bonchev–Trinajstić information content (AvgIpc) is 3.05. The molecule has 1 amide bonds. The average molecular weight is 305 g/mol. The van der Waals surface area contributed by atoms with E-state index in [1.807, 2.05) is 0 Å². The number of carboxylic acids is 1. The van der Waals surface area contributed by atoms with E-state index in [1.165, 1.54) is 25.0 Å². The van der Waals surface area contributed by atoms with Gasteiger partial charge in [-0.3, -0.25) is 9.59 Å². The number of benzene rings is 1. The number of aliphatic carboxylic acids is 1. The summed E-state index contributed by atoms with van der Waals surface area (Å²) in [7, 11) is 1.50. The Labute approximate surface area is 125 Å². The van der Waals surface area contributed by atoms with Gasteiger partial charge in [0, 0.05) is 12.1 Å². The molecule has 0 spiro atoms. The zero-order chi connectivity index (χ0) is 16.1. The van der Waals surface area contributed by atoms with Crippen molar-refractivity contribution in [3.8, 4) is 11.4 Å². The predicted octanol–water partition coefficient (Wildman–Crippen LogP) is 0.121. The summed E-state index contributed by atoms with van der Waals surface area (Å²) in [6.45, 7) is 1.56. The van der Waals surface area contributed by atoms with Crippen LogP contribution in [0.2, 0.25) is 0 Å². The van der Waals surface area contributed by atoms with Gasteiger partial charge in [-0.15, -0.1) is 5.10 Å². The van der Waals surface area contributed by atoms with Gasteiger partial charge in [0.15, 0.2) is 0 Å². The molecule has 116 valence electrons. The molecular weight excluding hydrogens is 290 g/mol. The van der Waals surface area contributed by atoms with Crippen LogP contribution in [0, 0.1) is 5.92 Å². The van der Waals surface area contributed by atoms with Gasteiger partial charge < -0.3 is 15.2 Å². The van der Waals surface area contributed by atoms with E-state index in [-0.39, 0.29) is 12.5 Å². The Morgan fingerprint density at radius 3 is 2.82 bits per heavy atom. The fourth-order valence-electron chi connectivity index (χ4n) is 1.72. The third kappa shape index (κ3) is 3.37. The van der Waals surface area contributed by atoms with E-state index in [4.69, 9.17) is 9.84 Å². The lowest BCUT2D eigenvalue weighted by molar-refractivity contribution is -0.140. The highest BCUT2D eigenvalue weighted by atomic mass is 16.5. The van der Waals surface area contributed by atoms with Gasteiger partial charge in [-0.25, -0.2) is 0 Å². The minimum Gasteiger partial charge on any atom is -0.494 e. The van der Waals surface area contributed by atoms with Gasteiger partial charge in [0.2, 0.25) is 0 Å². The zero-order valence-corrected chi connectivity index (χ0v) is 12.1. The van der Waals surface area contributed by atoms with Gasteiger partial charge in [0.05, 0.1) is 13.0 Å². The molecule has 0 aliphatic rings. The topological polar surface area (TPSA) is 119 Å². The maximum atomic E-state index is 12.1. The fraction of sp³-hybridized carbons (Fsp3) is 0.308. The van der Waals surface area contributed by atoms with Crippen LogP contribution in [0.3, 0.4) is 0 Å². The van der Waals surface area contributed by atoms with Crippen molar-refractivity contribution in [1.82, 2.24) is 25.5 Å². The molecule has 0 aliphatic carbocycles. The van der Waals surface area contributed by atoms with Gasteiger partial charge in [-0.1, -0.05) is 6.92 Å². The Bertz CT molecular complexity index is 671. The van der Waals surface area contributed by atoms with E-state index in [1.54, 1.807) is 18.2 Å². The Hall–Kier alpha value is -2.97. The number of methoxy groups -OCH3 is 1. The van der Waals surface area contributed by atoms with E-state index in [2.05, 4.69) is 20.8 Å². The maximum absolute atomic E-state index is 12.1. The van der Waals surface area contributed by atoms with Crippen molar-refractivity contribution in [1.29, 1.82) is 0 Å². The van der Waals surface area contributed by atoms with Crippen molar-refractivity contribution in [2.75, 3.05) is 13.7 Å². The van der Waals surface area contributed by atoms with E-state index in [0.29, 0.717) is 17.0 Å². The first-order valence-corrected chi connectivity index (χ1v) is 6.45. The smallest absolute Gasteiger partial charge is 0.308 e. The number of tetrazole rings is 1. The monoisotopic (exact) mass is 305 g/mol. The van der Waals surface area contributed by atoms with Crippen LogP contribution in [0.25, 0.3) is 5.69 Å². The predicted molar refractivity (Wildman–Crippen MR) is 74.8 cm³/mol. The number of carboxylic acid groups (broad SMARTS) is 1. The van der Waals surface area contributed by atoms with Crippen LogP contribution in [0.5, 0.6) is 5.75 Å². The van der Waals surface area contributed by atoms with Crippen LogP contribution in [-0.2, 0) is 4.79 Å². The Balaban J connectivity index is 2.20. The number of aromatic nitrogens is 4. The lowest BCUT2D eigenvalue weighted by Crippen LogP contribution is -2.31. The molecule has 22 heavy (non-hydrogen) atoms. The first-order valence-electron chi connectivity index (χ1n) is 6.45. The number of nitrogens with zero attached hydrogens (tertiary/aromatic N) is 4. The van der Waals surface area contributed by atoms with Crippen LogP contribution in [0.15, 0.2) is 24.5 Å². The first kappa shape index (κ1) is 15.4. The van der Waals surface area contributed by atoms with Crippen LogP contribution in [0.4, 0.5) is 0 Å². The number of carbonyl (C=O) groups is 2. The fourth-order valence-corrected chi connectivity index (χ4v) is 1.72. The number of rotatable bonds is 6. The number of ether oxygens (including phenoxy) is 1. The third-order valence-electron chi connectivity index (χ3n) is 3.03. The molecule has 1 unspecified atom stereocenters. The number of carbonyl (C=O) groups excluding carboxylic acids is 1. The molecule has 0 saturated carbocycles. The van der Waals surface area contributed by atoms with Gasteiger partial charge in [0.1, 0.15) is 17.8 Å². The highest BCUT2D eigenvalue weighted by Gasteiger charge is 2.15. The summed E-state index contributed by atoms with van der Waals surface area (Å²) in [6, 6.07) is 4.76. The molecule has 2 N–H and O–H groups in total. The molecule has 9 nitrogen and oxygen atoms in total. The molecule has 1 aromatic heterocycles. The second-order valence-corrected chi connectivity index (χ2v) is 4.59. The quantitative estimate of drug-likeness (QED) is 0.778. The lowest BCUT2D eigenvalue weighted by Gasteiger charge is -2.11. The number of hydrogen-bond acceptors (Lipinski definition) is 6. The summed E-state index contributed by atoms with van der Waals surface area (Å²) < 4.78 is 6.58. The molecule has 2 rings (SSSR count). The molecule has 1 atom stereocenters. The second kappa shape index (κ2) is 6.66. The van der Waals surface area contributed by atoms with Crippen molar-refractivity contribution in [2.45, 2.75) is 6.92 Å².